The Morgan fingerprint density at radius 1 is 1.26 bits per heavy atom. The highest BCUT2D eigenvalue weighted by Gasteiger charge is 2.25. The molecule has 1 aromatic rings. The Balaban J connectivity index is 1.91. The van der Waals surface area contributed by atoms with Gasteiger partial charge in [-0.2, -0.15) is 0 Å². The average Bonchev–Trinajstić information content (AvgIpc) is 2.90. The highest BCUT2D eigenvalue weighted by Crippen LogP contribution is 2.30. The van der Waals surface area contributed by atoms with Crippen LogP contribution in [0.2, 0.25) is 0 Å². The molecule has 0 aromatic heterocycles. The molecule has 1 heterocycles. The number of rotatable bonds is 2. The molecule has 0 bridgehead atoms. The molecule has 1 aliphatic carbocycles. The zero-order valence-corrected chi connectivity index (χ0v) is 10.8. The van der Waals surface area contributed by atoms with E-state index in [4.69, 9.17) is 4.74 Å². The summed E-state index contributed by atoms with van der Waals surface area (Å²) >= 11 is 0. The second-order valence-electron chi connectivity index (χ2n) is 5.16. The van der Waals surface area contributed by atoms with E-state index in [-0.39, 0.29) is 17.6 Å². The number of ketones is 1. The van der Waals surface area contributed by atoms with E-state index in [9.17, 15) is 9.59 Å². The van der Waals surface area contributed by atoms with E-state index in [1.54, 1.807) is 18.2 Å². The number of amides is 1. The predicted molar refractivity (Wildman–Crippen MR) is 70.6 cm³/mol. The van der Waals surface area contributed by atoms with Gasteiger partial charge in [-0.15, -0.1) is 0 Å². The summed E-state index contributed by atoms with van der Waals surface area (Å²) in [5.74, 6) is 0.705. The Morgan fingerprint density at radius 2 is 2.05 bits per heavy atom. The molecule has 2 aliphatic rings. The van der Waals surface area contributed by atoms with Crippen molar-refractivity contribution in [3.8, 4) is 5.75 Å². The molecule has 0 spiro atoms. The topological polar surface area (TPSA) is 55.4 Å². The summed E-state index contributed by atoms with van der Waals surface area (Å²) in [6.45, 7) is 0.966. The third-order valence-electron chi connectivity index (χ3n) is 3.88. The zero-order valence-electron chi connectivity index (χ0n) is 10.8. The van der Waals surface area contributed by atoms with E-state index in [1.807, 2.05) is 0 Å². The molecule has 1 amide bonds. The van der Waals surface area contributed by atoms with Crippen LogP contribution in [0.5, 0.6) is 5.75 Å². The maximum atomic E-state index is 12.4. The van der Waals surface area contributed by atoms with Gasteiger partial charge in [-0.3, -0.25) is 9.59 Å². The van der Waals surface area contributed by atoms with Gasteiger partial charge in [-0.1, -0.05) is 12.8 Å². The lowest BCUT2D eigenvalue weighted by Gasteiger charge is -2.10. The maximum Gasteiger partial charge on any atom is 0.255 e. The molecule has 1 saturated carbocycles. The first-order valence-electron chi connectivity index (χ1n) is 6.85. The summed E-state index contributed by atoms with van der Waals surface area (Å²) < 4.78 is 5.48. The van der Waals surface area contributed by atoms with E-state index in [0.29, 0.717) is 30.0 Å². The second-order valence-corrected chi connectivity index (χ2v) is 5.16. The average molecular weight is 259 g/mol. The molecule has 1 aliphatic heterocycles. The summed E-state index contributed by atoms with van der Waals surface area (Å²) in [7, 11) is 0. The second kappa shape index (κ2) is 5.03. The van der Waals surface area contributed by atoms with Gasteiger partial charge in [-0.05, 0) is 31.0 Å². The molecule has 0 atom stereocenters. The van der Waals surface area contributed by atoms with E-state index >= 15 is 0 Å². The molecular formula is C15H17NO3. The quantitative estimate of drug-likeness (QED) is 0.828. The highest BCUT2D eigenvalue weighted by molar-refractivity contribution is 6.03. The fourth-order valence-electron chi connectivity index (χ4n) is 2.83. The fourth-order valence-corrected chi connectivity index (χ4v) is 2.83. The lowest BCUT2D eigenvalue weighted by molar-refractivity contribution is 0.0923. The van der Waals surface area contributed by atoms with E-state index in [1.165, 1.54) is 0 Å². The van der Waals surface area contributed by atoms with Gasteiger partial charge in [-0.25, -0.2) is 0 Å². The SMILES string of the molecule is O=C1NCCOc2ccc(C(=O)C3CCCC3)cc21. The van der Waals surface area contributed by atoms with Crippen molar-refractivity contribution in [2.75, 3.05) is 13.2 Å². The summed E-state index contributed by atoms with van der Waals surface area (Å²) in [6, 6.07) is 5.19. The van der Waals surface area contributed by atoms with Crippen LogP contribution < -0.4 is 10.1 Å². The van der Waals surface area contributed by atoms with Crippen LogP contribution in [0.1, 0.15) is 46.4 Å². The summed E-state index contributed by atoms with van der Waals surface area (Å²) in [5, 5.41) is 2.76. The van der Waals surface area contributed by atoms with E-state index in [0.717, 1.165) is 25.7 Å². The van der Waals surface area contributed by atoms with Crippen LogP contribution in [0.3, 0.4) is 0 Å². The van der Waals surface area contributed by atoms with Crippen molar-refractivity contribution in [3.05, 3.63) is 29.3 Å². The smallest absolute Gasteiger partial charge is 0.255 e. The van der Waals surface area contributed by atoms with Crippen molar-refractivity contribution in [2.24, 2.45) is 5.92 Å². The monoisotopic (exact) mass is 259 g/mol. The number of Topliss-reactive ketones (excluding diaryl/α,β-unsaturated/α-hetero) is 1. The van der Waals surface area contributed by atoms with Crippen LogP contribution in [0.15, 0.2) is 18.2 Å². The molecule has 1 N–H and O–H groups in total. The van der Waals surface area contributed by atoms with Crippen molar-refractivity contribution in [2.45, 2.75) is 25.7 Å². The van der Waals surface area contributed by atoms with Gasteiger partial charge >= 0.3 is 0 Å². The van der Waals surface area contributed by atoms with Gasteiger partial charge in [0.05, 0.1) is 12.1 Å². The molecule has 0 saturated heterocycles. The number of carbonyl (C=O) groups is 2. The predicted octanol–water partition coefficient (Wildman–Crippen LogP) is 2.18. The molecule has 1 aromatic carbocycles. The maximum absolute atomic E-state index is 12.4. The van der Waals surface area contributed by atoms with Crippen LogP contribution in [-0.2, 0) is 0 Å². The van der Waals surface area contributed by atoms with Gasteiger partial charge in [0.25, 0.3) is 5.91 Å². The number of carbonyl (C=O) groups excluding carboxylic acids is 2. The highest BCUT2D eigenvalue weighted by atomic mass is 16.5. The summed E-state index contributed by atoms with van der Waals surface area (Å²) in [6.07, 6.45) is 4.20. The van der Waals surface area contributed by atoms with Crippen LogP contribution in [-0.4, -0.2) is 24.8 Å². The van der Waals surface area contributed by atoms with Crippen molar-refractivity contribution in [3.63, 3.8) is 0 Å². The Labute approximate surface area is 112 Å². The Bertz CT molecular complexity index is 518. The minimum Gasteiger partial charge on any atom is -0.491 e. The molecular weight excluding hydrogens is 242 g/mol. The van der Waals surface area contributed by atoms with E-state index in [2.05, 4.69) is 5.32 Å². The first-order chi connectivity index (χ1) is 9.25. The molecule has 3 rings (SSSR count). The number of benzene rings is 1. The molecule has 1 fully saturated rings. The third-order valence-corrected chi connectivity index (χ3v) is 3.88. The minimum atomic E-state index is -0.159. The number of hydrogen-bond donors (Lipinski definition) is 1. The number of fused-ring (bicyclic) bond motifs is 1. The van der Waals surface area contributed by atoms with Crippen LogP contribution in [0.25, 0.3) is 0 Å². The summed E-state index contributed by atoms with van der Waals surface area (Å²) in [4.78, 5) is 24.3. The normalized spacial score (nSPS) is 19.3. The van der Waals surface area contributed by atoms with Crippen molar-refractivity contribution in [1.82, 2.24) is 5.32 Å². The van der Waals surface area contributed by atoms with Gasteiger partial charge in [0.15, 0.2) is 5.78 Å². The van der Waals surface area contributed by atoms with Gasteiger partial charge < -0.3 is 10.1 Å². The first-order valence-corrected chi connectivity index (χ1v) is 6.85. The molecule has 19 heavy (non-hydrogen) atoms. The number of hydrogen-bond acceptors (Lipinski definition) is 3. The van der Waals surface area contributed by atoms with E-state index < -0.39 is 0 Å². The number of nitrogens with one attached hydrogen (secondary N) is 1. The largest absolute Gasteiger partial charge is 0.491 e. The number of ether oxygens (including phenoxy) is 1. The Kier molecular flexibility index (Phi) is 3.23. The van der Waals surface area contributed by atoms with Crippen molar-refractivity contribution >= 4 is 11.7 Å². The van der Waals surface area contributed by atoms with Gasteiger partial charge in [0.1, 0.15) is 12.4 Å². The Morgan fingerprint density at radius 3 is 2.84 bits per heavy atom. The minimum absolute atomic E-state index is 0.132. The van der Waals surface area contributed by atoms with Gasteiger partial charge in [0, 0.05) is 11.5 Å². The van der Waals surface area contributed by atoms with Crippen LogP contribution >= 0.6 is 0 Å². The molecule has 4 heteroatoms. The van der Waals surface area contributed by atoms with Crippen LogP contribution in [0.4, 0.5) is 0 Å². The third kappa shape index (κ3) is 2.35. The zero-order chi connectivity index (χ0) is 13.2. The van der Waals surface area contributed by atoms with Crippen molar-refractivity contribution < 1.29 is 14.3 Å². The van der Waals surface area contributed by atoms with Gasteiger partial charge in [0.2, 0.25) is 0 Å². The standard InChI is InChI=1S/C15H17NO3/c17-14(10-3-1-2-4-10)11-5-6-13-12(9-11)15(18)16-7-8-19-13/h5-6,9-10H,1-4,7-8H2,(H,16,18). The summed E-state index contributed by atoms with van der Waals surface area (Å²) in [5.41, 5.74) is 1.10. The molecule has 0 radical (unpaired) electrons. The lowest BCUT2D eigenvalue weighted by Crippen LogP contribution is -2.24. The molecule has 100 valence electrons. The van der Waals surface area contributed by atoms with Crippen molar-refractivity contribution in [1.29, 1.82) is 0 Å². The van der Waals surface area contributed by atoms with Crippen LogP contribution in [0, 0.1) is 5.92 Å². The first kappa shape index (κ1) is 12.2. The molecule has 4 nitrogen and oxygen atoms in total. The fraction of sp³-hybridized carbons (Fsp3) is 0.467. The molecule has 0 unspecified atom stereocenters. The lowest BCUT2D eigenvalue weighted by atomic mass is 9.95. The Hall–Kier alpha value is -1.84.